The number of rotatable bonds is 4. The normalized spacial score (nSPS) is 19.3. The summed E-state index contributed by atoms with van der Waals surface area (Å²) in [5, 5.41) is 0. The van der Waals surface area contributed by atoms with Crippen molar-refractivity contribution in [1.29, 1.82) is 0 Å². The lowest BCUT2D eigenvalue weighted by molar-refractivity contribution is -0.140. The molecule has 152 valence electrons. The molecule has 0 aromatic heterocycles. The van der Waals surface area contributed by atoms with Crippen LogP contribution in [0.15, 0.2) is 18.2 Å². The van der Waals surface area contributed by atoms with E-state index in [4.69, 9.17) is 0 Å². The molecule has 0 bridgehead atoms. The number of hydrogen-bond donors (Lipinski definition) is 0. The fourth-order valence-corrected chi connectivity index (χ4v) is 4.05. The van der Waals surface area contributed by atoms with Crippen LogP contribution in [0.1, 0.15) is 32.3 Å². The SMILES string of the molecule is CC(C)CN1C(=O)N(C)C(=O)C12CCN(C(=O)Cc1ccc(F)cc1F)CC2. The van der Waals surface area contributed by atoms with E-state index in [9.17, 15) is 23.2 Å². The van der Waals surface area contributed by atoms with Gasteiger partial charge in [0.05, 0.1) is 6.42 Å². The Morgan fingerprint density at radius 2 is 1.82 bits per heavy atom. The van der Waals surface area contributed by atoms with Gasteiger partial charge in [-0.05, 0) is 30.4 Å². The average Bonchev–Trinajstić information content (AvgIpc) is 2.80. The number of hydrogen-bond acceptors (Lipinski definition) is 3. The van der Waals surface area contributed by atoms with Crippen molar-refractivity contribution in [3.8, 4) is 0 Å². The lowest BCUT2D eigenvalue weighted by atomic mass is 9.85. The fraction of sp³-hybridized carbons (Fsp3) is 0.550. The largest absolute Gasteiger partial charge is 0.342 e. The van der Waals surface area contributed by atoms with Crippen LogP contribution in [0.3, 0.4) is 0 Å². The van der Waals surface area contributed by atoms with Crippen LogP contribution in [0.5, 0.6) is 0 Å². The Morgan fingerprint density at radius 1 is 1.18 bits per heavy atom. The highest BCUT2D eigenvalue weighted by atomic mass is 19.1. The molecule has 8 heteroatoms. The van der Waals surface area contributed by atoms with Crippen LogP contribution in [0.25, 0.3) is 0 Å². The average molecular weight is 393 g/mol. The van der Waals surface area contributed by atoms with E-state index in [1.54, 1.807) is 9.80 Å². The number of halogens is 2. The third kappa shape index (κ3) is 3.47. The van der Waals surface area contributed by atoms with Crippen molar-refractivity contribution in [2.45, 2.75) is 38.6 Å². The smallest absolute Gasteiger partial charge is 0.327 e. The van der Waals surface area contributed by atoms with Crippen molar-refractivity contribution in [3.05, 3.63) is 35.4 Å². The van der Waals surface area contributed by atoms with Crippen molar-refractivity contribution in [2.24, 2.45) is 5.92 Å². The summed E-state index contributed by atoms with van der Waals surface area (Å²) in [6.07, 6.45) is 0.542. The Morgan fingerprint density at radius 3 is 2.39 bits per heavy atom. The van der Waals surface area contributed by atoms with Gasteiger partial charge < -0.3 is 9.80 Å². The molecule has 2 heterocycles. The van der Waals surface area contributed by atoms with Gasteiger partial charge in [0.25, 0.3) is 5.91 Å². The minimum atomic E-state index is -0.909. The second-order valence-electron chi connectivity index (χ2n) is 7.98. The van der Waals surface area contributed by atoms with Crippen molar-refractivity contribution < 1.29 is 23.2 Å². The molecule has 2 fully saturated rings. The first-order valence-electron chi connectivity index (χ1n) is 9.47. The van der Waals surface area contributed by atoms with Crippen LogP contribution in [-0.2, 0) is 16.0 Å². The first kappa shape index (κ1) is 20.2. The highest BCUT2D eigenvalue weighted by Crippen LogP contribution is 2.37. The Hall–Kier alpha value is -2.51. The lowest BCUT2D eigenvalue weighted by Gasteiger charge is -2.42. The van der Waals surface area contributed by atoms with Gasteiger partial charge >= 0.3 is 6.03 Å². The number of carbonyl (C=O) groups is 3. The van der Waals surface area contributed by atoms with E-state index in [2.05, 4.69) is 0 Å². The number of likely N-dealkylation sites (N-methyl/N-ethyl adjacent to an activating group) is 1. The van der Waals surface area contributed by atoms with Crippen molar-refractivity contribution in [3.63, 3.8) is 0 Å². The molecular formula is C20H25F2N3O3. The number of imide groups is 1. The minimum absolute atomic E-state index is 0.139. The third-order valence-electron chi connectivity index (χ3n) is 5.59. The van der Waals surface area contributed by atoms with Gasteiger partial charge in [-0.15, -0.1) is 0 Å². The predicted molar refractivity (Wildman–Crippen MR) is 98.3 cm³/mol. The number of likely N-dealkylation sites (tertiary alicyclic amines) is 1. The maximum atomic E-state index is 13.8. The van der Waals surface area contributed by atoms with Crippen LogP contribution < -0.4 is 0 Å². The van der Waals surface area contributed by atoms with E-state index in [0.717, 1.165) is 17.0 Å². The number of benzene rings is 1. The van der Waals surface area contributed by atoms with Gasteiger partial charge in [0.2, 0.25) is 5.91 Å². The van der Waals surface area contributed by atoms with E-state index in [1.165, 1.54) is 13.1 Å². The maximum absolute atomic E-state index is 13.8. The van der Waals surface area contributed by atoms with Crippen molar-refractivity contribution in [1.82, 2.24) is 14.7 Å². The molecule has 0 radical (unpaired) electrons. The van der Waals surface area contributed by atoms with Crippen molar-refractivity contribution >= 4 is 17.8 Å². The second-order valence-corrected chi connectivity index (χ2v) is 7.98. The van der Waals surface area contributed by atoms with Crippen LogP contribution in [-0.4, -0.2) is 64.8 Å². The molecule has 6 nitrogen and oxygen atoms in total. The number of nitrogens with zero attached hydrogens (tertiary/aromatic N) is 3. The van der Waals surface area contributed by atoms with Crippen molar-refractivity contribution in [2.75, 3.05) is 26.7 Å². The Labute approximate surface area is 163 Å². The predicted octanol–water partition coefficient (Wildman–Crippen LogP) is 2.42. The molecule has 2 aliphatic rings. The van der Waals surface area contributed by atoms with Crippen LogP contribution >= 0.6 is 0 Å². The van der Waals surface area contributed by atoms with Gasteiger partial charge in [-0.3, -0.25) is 14.5 Å². The zero-order chi connectivity index (χ0) is 20.6. The molecule has 2 aliphatic heterocycles. The summed E-state index contributed by atoms with van der Waals surface area (Å²) >= 11 is 0. The topological polar surface area (TPSA) is 60.9 Å². The van der Waals surface area contributed by atoms with Gasteiger partial charge in [-0.25, -0.2) is 13.6 Å². The first-order chi connectivity index (χ1) is 13.2. The summed E-state index contributed by atoms with van der Waals surface area (Å²) in [7, 11) is 1.49. The zero-order valence-electron chi connectivity index (χ0n) is 16.4. The number of carbonyl (C=O) groups excluding carboxylic acids is 3. The zero-order valence-corrected chi connectivity index (χ0v) is 16.4. The van der Waals surface area contributed by atoms with Gasteiger partial charge in [0, 0.05) is 32.7 Å². The highest BCUT2D eigenvalue weighted by Gasteiger charge is 2.57. The maximum Gasteiger partial charge on any atom is 0.327 e. The quantitative estimate of drug-likeness (QED) is 0.738. The summed E-state index contributed by atoms with van der Waals surface area (Å²) in [6.45, 7) is 5.06. The molecule has 1 aromatic carbocycles. The molecule has 3 rings (SSSR count). The Kier molecular flexibility index (Phi) is 5.41. The molecule has 28 heavy (non-hydrogen) atoms. The van der Waals surface area contributed by atoms with Gasteiger partial charge in [-0.1, -0.05) is 19.9 Å². The second kappa shape index (κ2) is 7.48. The Balaban J connectivity index is 1.71. The molecule has 0 N–H and O–H groups in total. The van der Waals surface area contributed by atoms with E-state index in [1.807, 2.05) is 13.8 Å². The van der Waals surface area contributed by atoms with Crippen LogP contribution in [0.2, 0.25) is 0 Å². The summed E-state index contributed by atoms with van der Waals surface area (Å²) < 4.78 is 26.9. The fourth-order valence-electron chi connectivity index (χ4n) is 4.05. The molecule has 2 saturated heterocycles. The van der Waals surface area contributed by atoms with E-state index >= 15 is 0 Å². The Bertz CT molecular complexity index is 804. The molecule has 1 aromatic rings. The van der Waals surface area contributed by atoms with E-state index in [-0.39, 0.29) is 35.7 Å². The molecule has 1 spiro atoms. The summed E-state index contributed by atoms with van der Waals surface area (Å²) in [6, 6.07) is 2.86. The highest BCUT2D eigenvalue weighted by molar-refractivity contribution is 6.07. The monoisotopic (exact) mass is 393 g/mol. The molecule has 0 saturated carbocycles. The number of piperidine rings is 1. The van der Waals surface area contributed by atoms with Gasteiger partial charge in [0.1, 0.15) is 17.2 Å². The summed E-state index contributed by atoms with van der Waals surface area (Å²) in [5.41, 5.74) is -0.770. The third-order valence-corrected chi connectivity index (χ3v) is 5.59. The molecule has 0 unspecified atom stereocenters. The standard InChI is InChI=1S/C20H25F2N3O3/c1-13(2)12-25-19(28)23(3)18(27)20(25)6-8-24(9-7-20)17(26)10-14-4-5-15(21)11-16(14)22/h4-5,11,13H,6-10,12H2,1-3H3. The summed E-state index contributed by atoms with van der Waals surface area (Å²) in [4.78, 5) is 42.3. The molecule has 0 aliphatic carbocycles. The van der Waals surface area contributed by atoms with Gasteiger partial charge in [0.15, 0.2) is 0 Å². The molecule has 0 atom stereocenters. The van der Waals surface area contributed by atoms with E-state index < -0.39 is 17.2 Å². The summed E-state index contributed by atoms with van der Waals surface area (Å²) in [5.74, 6) is -1.73. The lowest BCUT2D eigenvalue weighted by Crippen LogP contribution is -2.58. The van der Waals surface area contributed by atoms with Gasteiger partial charge in [-0.2, -0.15) is 0 Å². The minimum Gasteiger partial charge on any atom is -0.342 e. The number of amides is 4. The molecular weight excluding hydrogens is 368 g/mol. The number of urea groups is 1. The van der Waals surface area contributed by atoms with Crippen LogP contribution in [0.4, 0.5) is 13.6 Å². The molecule has 4 amide bonds. The first-order valence-corrected chi connectivity index (χ1v) is 9.47. The van der Waals surface area contributed by atoms with Crippen LogP contribution in [0, 0.1) is 17.6 Å². The van der Waals surface area contributed by atoms with E-state index in [0.29, 0.717) is 32.5 Å².